The second-order valence-corrected chi connectivity index (χ2v) is 9.99. The zero-order chi connectivity index (χ0) is 21.8. The van der Waals surface area contributed by atoms with E-state index in [1.54, 1.807) is 28.6 Å². The fourth-order valence-electron chi connectivity index (χ4n) is 4.19. The summed E-state index contributed by atoms with van der Waals surface area (Å²) in [5.41, 5.74) is 0.922. The van der Waals surface area contributed by atoms with Gasteiger partial charge in [-0.2, -0.15) is 14.6 Å². The summed E-state index contributed by atoms with van der Waals surface area (Å²) in [4.78, 5) is 9.05. The Hall–Kier alpha value is -2.41. The highest BCUT2D eigenvalue weighted by molar-refractivity contribution is 7.89. The van der Waals surface area contributed by atoms with Gasteiger partial charge in [-0.25, -0.2) is 8.42 Å². The van der Waals surface area contributed by atoms with E-state index >= 15 is 0 Å². The normalized spacial score (nSPS) is 19.2. The standard InChI is InChI=1S/C22H29N5O3S/c1-2-25-13-15-26(16-14-25)22-20(17-23)24-21(30-22)18-7-9-19(10-8-18)31(28,29)27-11-5-3-4-6-12-27/h7-10H,2-6,11-16H2,1H3. The molecular formula is C22H29N5O3S. The molecule has 0 saturated carbocycles. The number of oxazole rings is 1. The monoisotopic (exact) mass is 443 g/mol. The molecule has 2 aliphatic heterocycles. The Balaban J connectivity index is 1.54. The van der Waals surface area contributed by atoms with Crippen molar-refractivity contribution >= 4 is 15.9 Å². The Morgan fingerprint density at radius 3 is 2.23 bits per heavy atom. The molecule has 0 spiro atoms. The Morgan fingerprint density at radius 1 is 1.00 bits per heavy atom. The van der Waals surface area contributed by atoms with Crippen LogP contribution in [0.15, 0.2) is 33.6 Å². The van der Waals surface area contributed by atoms with Crippen molar-refractivity contribution in [3.63, 3.8) is 0 Å². The highest BCUT2D eigenvalue weighted by atomic mass is 32.2. The zero-order valence-corrected chi connectivity index (χ0v) is 18.8. The lowest BCUT2D eigenvalue weighted by molar-refractivity contribution is 0.266. The number of hydrogen-bond acceptors (Lipinski definition) is 7. The summed E-state index contributed by atoms with van der Waals surface area (Å²) in [6.07, 6.45) is 3.96. The van der Waals surface area contributed by atoms with Crippen LogP contribution in [0.4, 0.5) is 5.88 Å². The van der Waals surface area contributed by atoms with Crippen LogP contribution in [-0.2, 0) is 10.0 Å². The number of sulfonamides is 1. The lowest BCUT2D eigenvalue weighted by Gasteiger charge is -2.33. The van der Waals surface area contributed by atoms with Gasteiger partial charge < -0.3 is 14.2 Å². The maximum absolute atomic E-state index is 13.0. The highest BCUT2D eigenvalue weighted by Crippen LogP contribution is 2.30. The van der Waals surface area contributed by atoms with Crippen molar-refractivity contribution in [3.05, 3.63) is 30.0 Å². The molecular weight excluding hydrogens is 414 g/mol. The smallest absolute Gasteiger partial charge is 0.243 e. The van der Waals surface area contributed by atoms with Gasteiger partial charge in [-0.3, -0.25) is 0 Å². The van der Waals surface area contributed by atoms with Crippen LogP contribution in [0, 0.1) is 11.3 Å². The molecule has 9 heteroatoms. The molecule has 0 aliphatic carbocycles. The molecule has 2 fully saturated rings. The van der Waals surface area contributed by atoms with Gasteiger partial charge in [0.05, 0.1) is 4.90 Å². The van der Waals surface area contributed by atoms with Gasteiger partial charge in [0, 0.05) is 44.8 Å². The number of nitrogens with zero attached hydrogens (tertiary/aromatic N) is 5. The number of hydrogen-bond donors (Lipinski definition) is 0. The van der Waals surface area contributed by atoms with Gasteiger partial charge in [-0.1, -0.05) is 19.8 Å². The van der Waals surface area contributed by atoms with E-state index in [0.29, 0.717) is 30.4 Å². The summed E-state index contributed by atoms with van der Waals surface area (Å²) < 4.78 is 33.5. The molecule has 2 saturated heterocycles. The first-order valence-electron chi connectivity index (χ1n) is 11.0. The molecule has 1 aromatic carbocycles. The molecule has 0 bridgehead atoms. The van der Waals surface area contributed by atoms with Gasteiger partial charge in [0.15, 0.2) is 0 Å². The van der Waals surface area contributed by atoms with Crippen molar-refractivity contribution in [1.82, 2.24) is 14.2 Å². The fraction of sp³-hybridized carbons (Fsp3) is 0.545. The molecule has 0 unspecified atom stereocenters. The van der Waals surface area contributed by atoms with E-state index in [1.807, 2.05) is 0 Å². The predicted octanol–water partition coefficient (Wildman–Crippen LogP) is 2.92. The molecule has 2 aromatic rings. The molecule has 3 heterocycles. The molecule has 0 amide bonds. The van der Waals surface area contributed by atoms with Crippen molar-refractivity contribution in [2.75, 3.05) is 50.7 Å². The summed E-state index contributed by atoms with van der Waals surface area (Å²) in [5, 5.41) is 9.53. The van der Waals surface area contributed by atoms with Crippen LogP contribution >= 0.6 is 0 Å². The minimum atomic E-state index is -3.50. The maximum atomic E-state index is 13.0. The third kappa shape index (κ3) is 4.61. The second-order valence-electron chi connectivity index (χ2n) is 8.05. The molecule has 4 rings (SSSR count). The van der Waals surface area contributed by atoms with Gasteiger partial charge in [0.25, 0.3) is 0 Å². The largest absolute Gasteiger partial charge is 0.419 e. The van der Waals surface area contributed by atoms with Crippen LogP contribution in [0.1, 0.15) is 38.3 Å². The van der Waals surface area contributed by atoms with Crippen molar-refractivity contribution < 1.29 is 12.8 Å². The molecule has 2 aliphatic rings. The minimum Gasteiger partial charge on any atom is -0.419 e. The first-order valence-corrected chi connectivity index (χ1v) is 12.5. The second kappa shape index (κ2) is 9.39. The average molecular weight is 444 g/mol. The molecule has 0 radical (unpaired) electrons. The Morgan fingerprint density at radius 2 is 1.65 bits per heavy atom. The summed E-state index contributed by atoms with van der Waals surface area (Å²) in [5.74, 6) is 0.831. The van der Waals surface area contributed by atoms with Crippen LogP contribution in [0.25, 0.3) is 11.5 Å². The summed E-state index contributed by atoms with van der Waals surface area (Å²) in [6, 6.07) is 8.75. The van der Waals surface area contributed by atoms with Crippen molar-refractivity contribution in [2.45, 2.75) is 37.5 Å². The Kier molecular flexibility index (Phi) is 6.60. The van der Waals surface area contributed by atoms with E-state index in [2.05, 4.69) is 27.8 Å². The van der Waals surface area contributed by atoms with E-state index in [0.717, 1.165) is 58.4 Å². The lowest BCUT2D eigenvalue weighted by Crippen LogP contribution is -2.46. The summed E-state index contributed by atoms with van der Waals surface area (Å²) in [7, 11) is -3.50. The van der Waals surface area contributed by atoms with Crippen molar-refractivity contribution in [1.29, 1.82) is 5.26 Å². The third-order valence-corrected chi connectivity index (χ3v) is 8.04. The highest BCUT2D eigenvalue weighted by Gasteiger charge is 2.26. The molecule has 0 atom stereocenters. The van der Waals surface area contributed by atoms with E-state index in [-0.39, 0.29) is 10.6 Å². The zero-order valence-electron chi connectivity index (χ0n) is 18.0. The number of likely N-dealkylation sites (N-methyl/N-ethyl adjacent to an activating group) is 1. The summed E-state index contributed by atoms with van der Waals surface area (Å²) in [6.45, 7) is 7.69. The third-order valence-electron chi connectivity index (χ3n) is 6.13. The Labute approximate surface area is 184 Å². The van der Waals surface area contributed by atoms with Crippen molar-refractivity contribution in [2.24, 2.45) is 0 Å². The van der Waals surface area contributed by atoms with Gasteiger partial charge in [-0.05, 0) is 43.7 Å². The van der Waals surface area contributed by atoms with E-state index < -0.39 is 10.0 Å². The van der Waals surface area contributed by atoms with Crippen LogP contribution < -0.4 is 4.90 Å². The van der Waals surface area contributed by atoms with Gasteiger partial charge in [0.2, 0.25) is 27.5 Å². The minimum absolute atomic E-state index is 0.265. The number of aromatic nitrogens is 1. The van der Waals surface area contributed by atoms with Gasteiger partial charge >= 0.3 is 0 Å². The first-order chi connectivity index (χ1) is 15.0. The quantitative estimate of drug-likeness (QED) is 0.701. The van der Waals surface area contributed by atoms with Crippen molar-refractivity contribution in [3.8, 4) is 17.5 Å². The van der Waals surface area contributed by atoms with E-state index in [9.17, 15) is 13.7 Å². The SMILES string of the molecule is CCN1CCN(c2oc(-c3ccc(S(=O)(=O)N4CCCCCC4)cc3)nc2C#N)CC1. The number of anilines is 1. The van der Waals surface area contributed by atoms with Gasteiger partial charge in [0.1, 0.15) is 6.07 Å². The molecule has 31 heavy (non-hydrogen) atoms. The van der Waals surface area contributed by atoms with Crippen LogP contribution in [0.2, 0.25) is 0 Å². The first kappa shape index (κ1) is 21.8. The number of piperazine rings is 1. The number of rotatable bonds is 5. The predicted molar refractivity (Wildman–Crippen MR) is 118 cm³/mol. The Bertz CT molecular complexity index is 1030. The molecule has 1 aromatic heterocycles. The van der Waals surface area contributed by atoms with Crippen LogP contribution in [-0.4, -0.2) is 68.4 Å². The van der Waals surface area contributed by atoms with Crippen LogP contribution in [0.3, 0.4) is 0 Å². The summed E-state index contributed by atoms with van der Waals surface area (Å²) >= 11 is 0. The fourth-order valence-corrected chi connectivity index (χ4v) is 5.71. The van der Waals surface area contributed by atoms with E-state index in [1.165, 1.54) is 0 Å². The molecule has 8 nitrogen and oxygen atoms in total. The number of benzene rings is 1. The van der Waals surface area contributed by atoms with Crippen LogP contribution in [0.5, 0.6) is 0 Å². The van der Waals surface area contributed by atoms with Gasteiger partial charge in [-0.15, -0.1) is 0 Å². The topological polar surface area (TPSA) is 93.7 Å². The van der Waals surface area contributed by atoms with E-state index in [4.69, 9.17) is 4.42 Å². The average Bonchev–Trinajstić information content (AvgIpc) is 3.04. The maximum Gasteiger partial charge on any atom is 0.243 e. The lowest BCUT2D eigenvalue weighted by atomic mass is 10.2. The number of nitriles is 1. The molecule has 0 N–H and O–H groups in total. The molecule has 166 valence electrons.